The van der Waals surface area contributed by atoms with E-state index in [1.54, 1.807) is 0 Å². The largest absolute Gasteiger partial charge is 0.432 e. The second-order valence-electron chi connectivity index (χ2n) is 33.6. The van der Waals surface area contributed by atoms with Gasteiger partial charge in [-0.15, -0.1) is 0 Å². The van der Waals surface area contributed by atoms with Gasteiger partial charge in [-0.3, -0.25) is 4.79 Å². The van der Waals surface area contributed by atoms with Crippen molar-refractivity contribution in [2.45, 2.75) is 328 Å². The number of esters is 1. The van der Waals surface area contributed by atoms with E-state index in [4.69, 9.17) is 66.3 Å². The quantitative estimate of drug-likeness (QED) is 0.0306. The van der Waals surface area contributed by atoms with Crippen molar-refractivity contribution in [3.05, 3.63) is 12.2 Å². The number of hydrogen-bond donors (Lipinski definition) is 21. The van der Waals surface area contributed by atoms with E-state index in [-0.39, 0.29) is 41.6 Å². The highest BCUT2D eigenvalue weighted by atomic mass is 16.8. The van der Waals surface area contributed by atoms with Gasteiger partial charge in [0.15, 0.2) is 37.7 Å². The lowest BCUT2D eigenvalue weighted by molar-refractivity contribution is -0.389. The maximum Gasteiger partial charge on any atom is 0.314 e. The van der Waals surface area contributed by atoms with Gasteiger partial charge in [-0.1, -0.05) is 39.8 Å². The van der Waals surface area contributed by atoms with E-state index in [0.717, 1.165) is 12.0 Å². The normalized spacial score (nSPS) is 55.9. The van der Waals surface area contributed by atoms with Gasteiger partial charge < -0.3 is 174 Å². The molecule has 36 nitrogen and oxygen atoms in total. The van der Waals surface area contributed by atoms with Gasteiger partial charge in [0.25, 0.3) is 0 Å². The van der Waals surface area contributed by atoms with Gasteiger partial charge in [0.05, 0.1) is 63.4 Å². The summed E-state index contributed by atoms with van der Waals surface area (Å²) in [7, 11) is 0. The highest BCUT2D eigenvalue weighted by molar-refractivity contribution is 5.78. The average molecular weight is 1550 g/mol. The Hall–Kier alpha value is -2.15. The first-order valence-corrected chi connectivity index (χ1v) is 37.7. The summed E-state index contributed by atoms with van der Waals surface area (Å²) >= 11 is 0. The number of ether oxygens (including phenoxy) is 14. The second kappa shape index (κ2) is 32.5. The van der Waals surface area contributed by atoms with Crippen LogP contribution in [0.3, 0.4) is 0 Å². The number of fused-ring (bicyclic) bond motifs is 7. The van der Waals surface area contributed by atoms with E-state index in [0.29, 0.717) is 57.8 Å². The molecule has 0 aromatic carbocycles. The second-order valence-corrected chi connectivity index (χ2v) is 33.6. The lowest BCUT2D eigenvalue weighted by atomic mass is 9.32. The van der Waals surface area contributed by atoms with Crippen LogP contribution in [0.4, 0.5) is 0 Å². The number of aliphatic hydroxyl groups is 21. The zero-order valence-corrected chi connectivity index (χ0v) is 61.1. The third-order valence-electron chi connectivity index (χ3n) is 27.9. The Morgan fingerprint density at radius 2 is 0.916 bits per heavy atom. The number of hydrogen-bond acceptors (Lipinski definition) is 36. The molecule has 36 heteroatoms. The zero-order valence-electron chi connectivity index (χ0n) is 61.1. The molecular formula is C71H116O36. The SMILES string of the molecule is C=C(C)[C@@H]1CC[C@]2(C(=O)O[C@@H]3O[C@H](CO[C@@H]4O[C@H](CO)[C@@H](O[C@@H]5O[C@@H](C)[C@H](O)[C@@H](O)[C@H]5O)[C@H](O)[C@H]4O)[C@@H](O)[C@H](O)[C@H]3O)CC[C@]3(C)[C@H](CC[C@@H]4[C@@]5(C)CC[C@H](O[C@@H]6OC[C@H](O[C@@H]7O[C@H](CO)[C@@H](O[C@@H]8O[C@H](CO)[C@@H](O)[C@H](O)[C@H]8O)[C@H](O)[C@H]7O)[C@H](O)[C@H]6O[C@@H]6O[C@@H](C)[C@H](O)[C@@H](O)[C@H]6O)[C@@](C)(CO)[C@@H]5CC[C@]43C)[C@@H]12. The van der Waals surface area contributed by atoms with E-state index in [9.17, 15) is 107 Å². The summed E-state index contributed by atoms with van der Waals surface area (Å²) in [5.41, 5.74) is -2.45. The number of aliphatic hydroxyl groups excluding tert-OH is 21. The van der Waals surface area contributed by atoms with Crippen LogP contribution in [0.5, 0.6) is 0 Å². The summed E-state index contributed by atoms with van der Waals surface area (Å²) in [6.07, 6.45) is -53.0. The van der Waals surface area contributed by atoms with Crippen LogP contribution in [0.25, 0.3) is 0 Å². The van der Waals surface area contributed by atoms with Gasteiger partial charge in [0.2, 0.25) is 6.29 Å². The topological polar surface area (TPSA) is 571 Å². The summed E-state index contributed by atoms with van der Waals surface area (Å²) in [6, 6.07) is 0. The lowest BCUT2D eigenvalue weighted by Gasteiger charge is -2.73. The van der Waals surface area contributed by atoms with Gasteiger partial charge in [-0.2, -0.15) is 0 Å². The molecule has 0 radical (unpaired) electrons. The molecule has 12 fully saturated rings. The summed E-state index contributed by atoms with van der Waals surface area (Å²) < 4.78 is 83.7. The Morgan fingerprint density at radius 1 is 0.430 bits per heavy atom. The van der Waals surface area contributed by atoms with Crippen molar-refractivity contribution in [1.82, 2.24) is 0 Å². The van der Waals surface area contributed by atoms with Crippen LogP contribution >= 0.6 is 0 Å². The summed E-state index contributed by atoms with van der Waals surface area (Å²) in [4.78, 5) is 15.4. The molecule has 0 aromatic heterocycles. The molecule has 616 valence electrons. The first-order valence-electron chi connectivity index (χ1n) is 37.7. The van der Waals surface area contributed by atoms with Crippen molar-refractivity contribution in [3.63, 3.8) is 0 Å². The summed E-state index contributed by atoms with van der Waals surface area (Å²) in [5, 5.41) is 230. The minimum absolute atomic E-state index is 0.0581. The molecule has 107 heavy (non-hydrogen) atoms. The van der Waals surface area contributed by atoms with Crippen LogP contribution in [0.2, 0.25) is 0 Å². The van der Waals surface area contributed by atoms with Crippen molar-refractivity contribution in [2.24, 2.45) is 56.7 Å². The Kier molecular flexibility index (Phi) is 25.6. The van der Waals surface area contributed by atoms with Crippen molar-refractivity contribution >= 4 is 5.97 Å². The molecule has 45 atom stereocenters. The Bertz CT molecular complexity index is 3000. The molecule has 0 bridgehead atoms. The van der Waals surface area contributed by atoms with Gasteiger partial charge in [0, 0.05) is 5.41 Å². The molecule has 5 aliphatic carbocycles. The molecule has 12 rings (SSSR count). The molecule has 0 unspecified atom stereocenters. The molecule has 7 saturated heterocycles. The van der Waals surface area contributed by atoms with Gasteiger partial charge in [0.1, 0.15) is 153 Å². The summed E-state index contributed by atoms with van der Waals surface area (Å²) in [5.74, 6) is -1.31. The van der Waals surface area contributed by atoms with Crippen LogP contribution in [-0.2, 0) is 71.1 Å². The van der Waals surface area contributed by atoms with Crippen LogP contribution in [0.15, 0.2) is 12.2 Å². The molecule has 12 aliphatic rings. The molecule has 0 amide bonds. The molecule has 0 spiro atoms. The zero-order chi connectivity index (χ0) is 78.0. The number of carbonyl (C=O) groups excluding carboxylic acids is 1. The van der Waals surface area contributed by atoms with Crippen molar-refractivity contribution < 1.29 is 178 Å². The molecule has 7 aliphatic heterocycles. The van der Waals surface area contributed by atoms with Crippen molar-refractivity contribution in [2.75, 3.05) is 39.6 Å². The predicted octanol–water partition coefficient (Wildman–Crippen LogP) is -7.04. The standard InChI is InChI=1S/C71H116O36/c1-25(2)28-11-16-71(66(93)107-64-53(90)47(84)42(79)33(101-64)22-94-59-54(91)48(85)56(31(20-73)99-59)104-60-50(87)44(81)39(76)26(3)96-60)18-17-69(7)29(38(28)71)9-10-36-67(5)14-13-37(68(6,24-75)35(67)12-15-70(36,69)8)103-65-58(106-61-51(88)45(82)40(77)27(4)97-61)43(80)34(23-95-65)102-62-55(92)49(86)57(32(21-74)100-62)105-63-52(89)46(83)41(78)30(19-72)98-63/h26-65,72-92H,1,9-24H2,2-8H3/t26-,27-,28-,29+,30+,31+,32+,33+,34-,35+,36+,37-,38+,39-,40-,41+,42+,43-,44+,45+,46-,47-,48+,49+,50+,51+,52+,53+,54+,55+,56+,57+,58+,59+,60-,61-,62-,63-,64-,65-,67-,68-,69+,70+,71-/m0/s1. The van der Waals surface area contributed by atoms with Gasteiger partial charge >= 0.3 is 5.97 Å². The third-order valence-corrected chi connectivity index (χ3v) is 27.9. The third kappa shape index (κ3) is 14.6. The molecular weight excluding hydrogens is 1430 g/mol. The smallest absolute Gasteiger partial charge is 0.314 e. The van der Waals surface area contributed by atoms with E-state index < -0.39 is 276 Å². The minimum atomic E-state index is -2.03. The van der Waals surface area contributed by atoms with Crippen molar-refractivity contribution in [3.8, 4) is 0 Å². The number of rotatable bonds is 20. The predicted molar refractivity (Wildman–Crippen MR) is 353 cm³/mol. The van der Waals surface area contributed by atoms with Crippen LogP contribution in [0.1, 0.15) is 113 Å². The average Bonchev–Trinajstić information content (AvgIpc) is 1.57. The van der Waals surface area contributed by atoms with Gasteiger partial charge in [-0.25, -0.2) is 0 Å². The number of carbonyl (C=O) groups is 1. The fourth-order valence-electron chi connectivity index (χ4n) is 21.3. The Morgan fingerprint density at radius 3 is 1.48 bits per heavy atom. The Balaban J connectivity index is 0.723. The van der Waals surface area contributed by atoms with E-state index in [1.807, 2.05) is 13.8 Å². The first-order chi connectivity index (χ1) is 50.4. The highest BCUT2D eigenvalue weighted by Crippen LogP contribution is 2.78. The summed E-state index contributed by atoms with van der Waals surface area (Å²) in [6.45, 7) is 14.0. The first kappa shape index (κ1) is 84.3. The van der Waals surface area contributed by atoms with Crippen LogP contribution < -0.4 is 0 Å². The van der Waals surface area contributed by atoms with E-state index in [1.165, 1.54) is 13.8 Å². The number of allylic oxidation sites excluding steroid dienone is 1. The van der Waals surface area contributed by atoms with E-state index in [2.05, 4.69) is 27.4 Å². The maximum absolute atomic E-state index is 15.4. The fraction of sp³-hybridized carbons (Fsp3) is 0.958. The maximum atomic E-state index is 15.4. The Labute approximate surface area is 618 Å². The van der Waals surface area contributed by atoms with Crippen LogP contribution in [0, 0.1) is 56.7 Å². The molecule has 0 aromatic rings. The fourth-order valence-corrected chi connectivity index (χ4v) is 21.3. The van der Waals surface area contributed by atoms with Crippen molar-refractivity contribution in [1.29, 1.82) is 0 Å². The minimum Gasteiger partial charge on any atom is -0.432 e. The highest BCUT2D eigenvalue weighted by Gasteiger charge is 2.74. The molecule has 5 saturated carbocycles. The molecule has 7 heterocycles. The molecule has 21 N–H and O–H groups in total. The van der Waals surface area contributed by atoms with Gasteiger partial charge in [-0.05, 0) is 131 Å². The monoisotopic (exact) mass is 1540 g/mol. The van der Waals surface area contributed by atoms with E-state index >= 15 is 4.79 Å². The lowest BCUT2D eigenvalue weighted by Crippen LogP contribution is -2.68. The van der Waals surface area contributed by atoms with Crippen LogP contribution in [-0.4, -0.2) is 368 Å².